The summed E-state index contributed by atoms with van der Waals surface area (Å²) in [5.74, 6) is -1.13. The Labute approximate surface area is 106 Å². The SMILES string of the molecule is CCC(C)C(C(=O)O)N(C=O)c1ccc(O)cc1. The van der Waals surface area contributed by atoms with Gasteiger partial charge in [-0.2, -0.15) is 0 Å². The van der Waals surface area contributed by atoms with Gasteiger partial charge >= 0.3 is 5.97 Å². The van der Waals surface area contributed by atoms with Gasteiger partial charge in [0.05, 0.1) is 0 Å². The van der Waals surface area contributed by atoms with Crippen LogP contribution in [0.5, 0.6) is 5.75 Å². The molecule has 0 aliphatic carbocycles. The molecule has 0 saturated heterocycles. The largest absolute Gasteiger partial charge is 0.508 e. The first-order valence-electron chi connectivity index (χ1n) is 5.76. The van der Waals surface area contributed by atoms with Gasteiger partial charge in [-0.3, -0.25) is 4.79 Å². The van der Waals surface area contributed by atoms with Gasteiger partial charge in [0.1, 0.15) is 11.8 Å². The third kappa shape index (κ3) is 3.00. The predicted molar refractivity (Wildman–Crippen MR) is 67.5 cm³/mol. The van der Waals surface area contributed by atoms with Crippen molar-refractivity contribution in [2.45, 2.75) is 26.3 Å². The van der Waals surface area contributed by atoms with E-state index in [2.05, 4.69) is 0 Å². The fraction of sp³-hybridized carbons (Fsp3) is 0.385. The molecule has 1 aromatic rings. The van der Waals surface area contributed by atoms with Crippen LogP contribution in [0, 0.1) is 5.92 Å². The van der Waals surface area contributed by atoms with E-state index in [1.807, 2.05) is 6.92 Å². The van der Waals surface area contributed by atoms with Gasteiger partial charge in [0, 0.05) is 5.69 Å². The van der Waals surface area contributed by atoms with Crippen LogP contribution in [-0.2, 0) is 9.59 Å². The molecule has 18 heavy (non-hydrogen) atoms. The summed E-state index contributed by atoms with van der Waals surface area (Å²) in [6.45, 7) is 3.66. The zero-order chi connectivity index (χ0) is 13.7. The minimum absolute atomic E-state index is 0.0695. The number of amides is 1. The summed E-state index contributed by atoms with van der Waals surface area (Å²) in [5, 5.41) is 18.4. The number of phenols is 1. The molecule has 0 radical (unpaired) electrons. The van der Waals surface area contributed by atoms with Gasteiger partial charge in [0.25, 0.3) is 0 Å². The first-order valence-corrected chi connectivity index (χ1v) is 5.76. The van der Waals surface area contributed by atoms with Gasteiger partial charge in [-0.1, -0.05) is 20.3 Å². The number of phenolic OH excluding ortho intramolecular Hbond substituents is 1. The van der Waals surface area contributed by atoms with Crippen molar-refractivity contribution in [2.24, 2.45) is 5.92 Å². The number of benzene rings is 1. The highest BCUT2D eigenvalue weighted by molar-refractivity contribution is 5.88. The lowest BCUT2D eigenvalue weighted by molar-refractivity contribution is -0.140. The predicted octanol–water partition coefficient (Wildman–Crippen LogP) is 1.85. The monoisotopic (exact) mass is 251 g/mol. The number of carbonyl (C=O) groups is 2. The number of hydrogen-bond donors (Lipinski definition) is 2. The van der Waals surface area contributed by atoms with Crippen molar-refractivity contribution in [1.82, 2.24) is 0 Å². The van der Waals surface area contributed by atoms with Gasteiger partial charge in [-0.25, -0.2) is 4.79 Å². The normalized spacial score (nSPS) is 13.7. The lowest BCUT2D eigenvalue weighted by atomic mass is 9.97. The number of carboxylic acid groups (broad SMARTS) is 1. The Hall–Kier alpha value is -2.04. The Balaban J connectivity index is 3.09. The van der Waals surface area contributed by atoms with E-state index < -0.39 is 12.0 Å². The van der Waals surface area contributed by atoms with Gasteiger partial charge in [-0.05, 0) is 30.2 Å². The summed E-state index contributed by atoms with van der Waals surface area (Å²) in [4.78, 5) is 23.6. The van der Waals surface area contributed by atoms with Crippen molar-refractivity contribution in [3.8, 4) is 5.75 Å². The van der Waals surface area contributed by atoms with E-state index in [0.29, 0.717) is 18.5 Å². The van der Waals surface area contributed by atoms with Crippen molar-refractivity contribution >= 4 is 18.1 Å². The topological polar surface area (TPSA) is 77.8 Å². The van der Waals surface area contributed by atoms with Crippen LogP contribution < -0.4 is 4.90 Å². The maximum Gasteiger partial charge on any atom is 0.327 e. The third-order valence-electron chi connectivity index (χ3n) is 3.00. The summed E-state index contributed by atoms with van der Waals surface area (Å²) in [7, 11) is 0. The Morgan fingerprint density at radius 3 is 2.33 bits per heavy atom. The summed E-state index contributed by atoms with van der Waals surface area (Å²) >= 11 is 0. The average Bonchev–Trinajstić information content (AvgIpc) is 2.35. The van der Waals surface area contributed by atoms with Crippen molar-refractivity contribution < 1.29 is 19.8 Å². The van der Waals surface area contributed by atoms with Crippen molar-refractivity contribution in [1.29, 1.82) is 0 Å². The summed E-state index contributed by atoms with van der Waals surface area (Å²) in [6, 6.07) is 4.96. The lowest BCUT2D eigenvalue weighted by Crippen LogP contribution is -2.44. The fourth-order valence-electron chi connectivity index (χ4n) is 1.77. The second-order valence-electron chi connectivity index (χ2n) is 4.20. The summed E-state index contributed by atoms with van der Waals surface area (Å²) in [5.41, 5.74) is 0.454. The Morgan fingerprint density at radius 2 is 1.94 bits per heavy atom. The molecular weight excluding hydrogens is 234 g/mol. The highest BCUT2D eigenvalue weighted by Gasteiger charge is 2.30. The molecule has 5 heteroatoms. The molecule has 0 fully saturated rings. The quantitative estimate of drug-likeness (QED) is 0.756. The molecule has 0 bridgehead atoms. The van der Waals surface area contributed by atoms with Crippen LogP contribution >= 0.6 is 0 Å². The van der Waals surface area contributed by atoms with E-state index in [0.717, 1.165) is 0 Å². The van der Waals surface area contributed by atoms with E-state index in [4.69, 9.17) is 0 Å². The number of aliphatic carboxylic acids is 1. The minimum Gasteiger partial charge on any atom is -0.508 e. The van der Waals surface area contributed by atoms with Crippen LogP contribution in [0.2, 0.25) is 0 Å². The molecule has 5 nitrogen and oxygen atoms in total. The average molecular weight is 251 g/mol. The number of carboxylic acids is 1. The molecule has 1 aromatic carbocycles. The van der Waals surface area contributed by atoms with Crippen molar-refractivity contribution in [3.63, 3.8) is 0 Å². The van der Waals surface area contributed by atoms with E-state index >= 15 is 0 Å². The number of hydrogen-bond acceptors (Lipinski definition) is 3. The molecule has 1 rings (SSSR count). The molecule has 0 saturated carbocycles. The Bertz CT molecular complexity index is 416. The zero-order valence-electron chi connectivity index (χ0n) is 10.4. The van der Waals surface area contributed by atoms with E-state index in [-0.39, 0.29) is 11.7 Å². The van der Waals surface area contributed by atoms with Crippen molar-refractivity contribution in [2.75, 3.05) is 4.90 Å². The van der Waals surface area contributed by atoms with Crippen LogP contribution in [0.4, 0.5) is 5.69 Å². The first-order chi connectivity index (χ1) is 8.51. The number of nitrogens with zero attached hydrogens (tertiary/aromatic N) is 1. The summed E-state index contributed by atoms with van der Waals surface area (Å²) < 4.78 is 0. The molecule has 2 atom stereocenters. The molecule has 1 amide bonds. The molecule has 0 spiro atoms. The van der Waals surface area contributed by atoms with Gasteiger partial charge < -0.3 is 15.1 Å². The standard InChI is InChI=1S/C13H17NO4/c1-3-9(2)12(13(17)18)14(8-15)10-4-6-11(16)7-5-10/h4-9,12,16H,3H2,1-2H3,(H,17,18). The van der Waals surface area contributed by atoms with E-state index in [1.54, 1.807) is 6.92 Å². The van der Waals surface area contributed by atoms with Crippen LogP contribution in [0.3, 0.4) is 0 Å². The maximum absolute atomic E-state index is 11.3. The van der Waals surface area contributed by atoms with Crippen molar-refractivity contribution in [3.05, 3.63) is 24.3 Å². The van der Waals surface area contributed by atoms with Crippen LogP contribution in [0.1, 0.15) is 20.3 Å². The van der Waals surface area contributed by atoms with Crippen LogP contribution in [0.25, 0.3) is 0 Å². The van der Waals surface area contributed by atoms with Gasteiger partial charge in [-0.15, -0.1) is 0 Å². The van der Waals surface area contributed by atoms with Gasteiger partial charge in [0.2, 0.25) is 6.41 Å². The number of aromatic hydroxyl groups is 1. The third-order valence-corrected chi connectivity index (χ3v) is 3.00. The molecule has 0 heterocycles. The zero-order valence-corrected chi connectivity index (χ0v) is 10.4. The van der Waals surface area contributed by atoms with Gasteiger partial charge in [0.15, 0.2) is 0 Å². The van der Waals surface area contributed by atoms with Crippen LogP contribution in [0.15, 0.2) is 24.3 Å². The molecule has 2 N–H and O–H groups in total. The molecule has 98 valence electrons. The highest BCUT2D eigenvalue weighted by Crippen LogP contribution is 2.23. The molecule has 2 unspecified atom stereocenters. The Kier molecular flexibility index (Phi) is 4.71. The second kappa shape index (κ2) is 6.05. The molecule has 0 aliphatic heterocycles. The lowest BCUT2D eigenvalue weighted by Gasteiger charge is -2.29. The van der Waals surface area contributed by atoms with Crippen LogP contribution in [-0.4, -0.2) is 28.6 Å². The molecular formula is C13H17NO4. The Morgan fingerprint density at radius 1 is 1.39 bits per heavy atom. The minimum atomic E-state index is -1.04. The number of anilines is 1. The van der Waals surface area contributed by atoms with E-state index in [1.165, 1.54) is 29.2 Å². The highest BCUT2D eigenvalue weighted by atomic mass is 16.4. The second-order valence-corrected chi connectivity index (χ2v) is 4.20. The number of rotatable bonds is 6. The smallest absolute Gasteiger partial charge is 0.327 e. The fourth-order valence-corrected chi connectivity index (χ4v) is 1.77. The summed E-state index contributed by atoms with van der Waals surface area (Å²) in [6.07, 6.45) is 1.16. The first kappa shape index (κ1) is 14.0. The van der Waals surface area contributed by atoms with E-state index in [9.17, 15) is 19.8 Å². The molecule has 0 aliphatic rings. The maximum atomic E-state index is 11.3. The molecule has 0 aromatic heterocycles. The number of carbonyl (C=O) groups excluding carboxylic acids is 1.